The summed E-state index contributed by atoms with van der Waals surface area (Å²) in [5.41, 5.74) is -0.486. The van der Waals surface area contributed by atoms with Gasteiger partial charge in [0.15, 0.2) is 23.1 Å². The van der Waals surface area contributed by atoms with Crippen molar-refractivity contribution in [3.63, 3.8) is 0 Å². The number of aromatic nitrogens is 1. The lowest BCUT2D eigenvalue weighted by molar-refractivity contribution is -0.145. The summed E-state index contributed by atoms with van der Waals surface area (Å²) in [5.74, 6) is -3.78. The van der Waals surface area contributed by atoms with Gasteiger partial charge in [-0.15, -0.1) is 0 Å². The van der Waals surface area contributed by atoms with Crippen molar-refractivity contribution >= 4 is 47.0 Å². The Morgan fingerprint density at radius 2 is 2.06 bits per heavy atom. The van der Waals surface area contributed by atoms with Crippen molar-refractivity contribution in [1.82, 2.24) is 19.5 Å². The van der Waals surface area contributed by atoms with Gasteiger partial charge in [-0.3, -0.25) is 14.4 Å². The molecule has 2 aliphatic heterocycles. The van der Waals surface area contributed by atoms with E-state index in [1.807, 2.05) is 0 Å². The number of likely N-dealkylation sites (N-methyl/N-ethyl adjacent to an activating group) is 1. The van der Waals surface area contributed by atoms with Crippen LogP contribution in [0, 0.1) is 11.6 Å². The van der Waals surface area contributed by atoms with Crippen LogP contribution < -0.4 is 20.1 Å². The normalized spacial score (nSPS) is 19.4. The van der Waals surface area contributed by atoms with Crippen LogP contribution in [0.4, 0.5) is 14.5 Å². The summed E-state index contributed by atoms with van der Waals surface area (Å²) in [6, 6.07) is 3.03. The molecular weight excluding hydrogens is 492 g/mol. The number of amides is 3. The van der Waals surface area contributed by atoms with E-state index in [0.29, 0.717) is 24.4 Å². The van der Waals surface area contributed by atoms with Crippen molar-refractivity contribution in [3.8, 4) is 5.75 Å². The Kier molecular flexibility index (Phi) is 6.74. The summed E-state index contributed by atoms with van der Waals surface area (Å²) >= 11 is 7.64. The third-order valence-electron chi connectivity index (χ3n) is 5.67. The van der Waals surface area contributed by atoms with Gasteiger partial charge < -0.3 is 24.8 Å². The third-order valence-corrected chi connectivity index (χ3v) is 7.34. The van der Waals surface area contributed by atoms with Crippen molar-refractivity contribution < 1.29 is 27.9 Å². The van der Waals surface area contributed by atoms with Crippen LogP contribution in [0.15, 0.2) is 23.1 Å². The maximum Gasteiger partial charge on any atom is 0.311 e. The molecule has 34 heavy (non-hydrogen) atoms. The molecule has 2 aliphatic rings. The number of nitrogens with zero attached hydrogens (tertiary/aromatic N) is 2. The van der Waals surface area contributed by atoms with Crippen LogP contribution in [0.3, 0.4) is 0 Å². The van der Waals surface area contributed by atoms with Crippen molar-refractivity contribution in [1.29, 1.82) is 0 Å². The van der Waals surface area contributed by atoms with E-state index < -0.39 is 34.9 Å². The summed E-state index contributed by atoms with van der Waals surface area (Å²) in [6.07, 6.45) is 0.523. The van der Waals surface area contributed by atoms with Gasteiger partial charge in [0.05, 0.1) is 5.54 Å². The van der Waals surface area contributed by atoms with E-state index in [0.717, 1.165) is 12.1 Å². The van der Waals surface area contributed by atoms with Gasteiger partial charge in [-0.2, -0.15) is 0 Å². The number of nitrogens with one attached hydrogen (secondary N) is 3. The first kappa shape index (κ1) is 24.3. The third kappa shape index (κ3) is 4.44. The molecule has 3 heterocycles. The molecule has 0 radical (unpaired) electrons. The Bertz CT molecular complexity index is 1180. The number of anilines is 1. The second kappa shape index (κ2) is 9.43. The summed E-state index contributed by atoms with van der Waals surface area (Å²) < 4.78 is 37.5. The number of halogens is 3. The Balaban J connectivity index is 1.53. The molecule has 4 rings (SSSR count). The molecule has 1 fully saturated rings. The molecule has 182 valence electrons. The number of likely N-dealkylation sites (tertiary alicyclic amines) is 1. The van der Waals surface area contributed by atoms with Gasteiger partial charge in [0, 0.05) is 38.4 Å². The maximum atomic E-state index is 13.6. The van der Waals surface area contributed by atoms with Gasteiger partial charge >= 0.3 is 11.8 Å². The number of rotatable bonds is 3. The van der Waals surface area contributed by atoms with Crippen LogP contribution in [-0.4, -0.2) is 59.0 Å². The fraction of sp³-hybridized carbons (Fsp3) is 0.381. The molecule has 0 bridgehead atoms. The molecule has 1 aromatic heterocycles. The summed E-state index contributed by atoms with van der Waals surface area (Å²) in [4.78, 5) is 39.3. The fourth-order valence-corrected chi connectivity index (χ4v) is 5.17. The van der Waals surface area contributed by atoms with E-state index in [9.17, 15) is 23.2 Å². The number of fused-ring (bicyclic) bond motifs is 1. The predicted octanol–water partition coefficient (Wildman–Crippen LogP) is 2.31. The highest BCUT2D eigenvalue weighted by Crippen LogP contribution is 2.44. The quantitative estimate of drug-likeness (QED) is 0.430. The first-order valence-electron chi connectivity index (χ1n) is 10.4. The lowest BCUT2D eigenvalue weighted by Crippen LogP contribution is -2.50. The summed E-state index contributed by atoms with van der Waals surface area (Å²) in [5, 5.41) is 5.27. The van der Waals surface area contributed by atoms with Crippen molar-refractivity contribution in [2.24, 2.45) is 7.05 Å². The summed E-state index contributed by atoms with van der Waals surface area (Å²) in [7, 11) is 1.58. The zero-order valence-electron chi connectivity index (χ0n) is 18.3. The highest BCUT2D eigenvalue weighted by atomic mass is 35.5. The molecule has 3 amide bonds. The average Bonchev–Trinajstić information content (AvgIpc) is 3.25. The molecule has 1 atom stereocenters. The highest BCUT2D eigenvalue weighted by Gasteiger charge is 2.45. The van der Waals surface area contributed by atoms with Crippen LogP contribution >= 0.6 is 23.5 Å². The smallest absolute Gasteiger partial charge is 0.311 e. The minimum absolute atomic E-state index is 0.0705. The van der Waals surface area contributed by atoms with Crippen LogP contribution in [0.2, 0.25) is 5.15 Å². The molecule has 1 saturated heterocycles. The maximum absolute atomic E-state index is 13.6. The van der Waals surface area contributed by atoms with Gasteiger partial charge in [0.1, 0.15) is 16.7 Å². The Hall–Kier alpha value is -2.83. The first-order valence-corrected chi connectivity index (χ1v) is 11.6. The number of ether oxygens (including phenoxy) is 1. The van der Waals surface area contributed by atoms with Crippen LogP contribution in [0.25, 0.3) is 0 Å². The molecule has 3 N–H and O–H groups in total. The predicted molar refractivity (Wildman–Crippen MR) is 122 cm³/mol. The second-order valence-corrected chi connectivity index (χ2v) is 9.22. The fourth-order valence-electron chi connectivity index (χ4n) is 3.87. The minimum Gasteiger partial charge on any atom is -0.488 e. The lowest BCUT2D eigenvalue weighted by atomic mass is 10.0. The van der Waals surface area contributed by atoms with Crippen LogP contribution in [-0.2, 0) is 16.6 Å². The van der Waals surface area contributed by atoms with E-state index in [-0.39, 0.29) is 35.4 Å². The molecule has 9 nitrogen and oxygen atoms in total. The zero-order chi connectivity index (χ0) is 24.6. The number of hydrogen-bond acceptors (Lipinski definition) is 6. The van der Waals surface area contributed by atoms with Crippen LogP contribution in [0.5, 0.6) is 5.75 Å². The summed E-state index contributed by atoms with van der Waals surface area (Å²) in [6.45, 7) is 2.79. The van der Waals surface area contributed by atoms with E-state index >= 15 is 0 Å². The number of carbonyl (C=O) groups is 3. The van der Waals surface area contributed by atoms with Crippen molar-refractivity contribution in [3.05, 3.63) is 40.7 Å². The molecule has 0 saturated carbocycles. The van der Waals surface area contributed by atoms with E-state index in [1.165, 1.54) is 27.5 Å². The van der Waals surface area contributed by atoms with Gasteiger partial charge in [-0.05, 0) is 37.4 Å². The first-order chi connectivity index (χ1) is 16.2. The van der Waals surface area contributed by atoms with Crippen molar-refractivity contribution in [2.45, 2.75) is 23.8 Å². The molecule has 1 unspecified atom stereocenters. The van der Waals surface area contributed by atoms with E-state index in [4.69, 9.17) is 16.3 Å². The minimum atomic E-state index is -1.09. The van der Waals surface area contributed by atoms with Crippen molar-refractivity contribution in [2.75, 3.05) is 31.6 Å². The molecule has 13 heteroatoms. The standard InChI is InChI=1S/C21H22ClF2N5O4S/c1-3-25-19(31)20(32)29-7-6-21(9-29)10-33-15-14(28(2)17(22)16(15)34-27-21)18(30)26-11-4-5-12(23)13(24)8-11/h4-5,8,27H,3,6-7,9-10H2,1-2H3,(H,25,31)(H,26,30). The Morgan fingerprint density at radius 1 is 1.29 bits per heavy atom. The molecule has 1 spiro atoms. The average molecular weight is 514 g/mol. The molecule has 2 aromatic rings. The Labute approximate surface area is 203 Å². The second-order valence-electron chi connectivity index (χ2n) is 8.05. The number of benzene rings is 1. The van der Waals surface area contributed by atoms with E-state index in [1.54, 1.807) is 14.0 Å². The molecular formula is C21H22ClF2N5O4S. The van der Waals surface area contributed by atoms with Gasteiger partial charge in [0.2, 0.25) is 0 Å². The number of carbonyl (C=O) groups excluding carboxylic acids is 3. The van der Waals surface area contributed by atoms with Gasteiger partial charge in [-0.25, -0.2) is 13.5 Å². The highest BCUT2D eigenvalue weighted by molar-refractivity contribution is 7.97. The van der Waals surface area contributed by atoms with Gasteiger partial charge in [0.25, 0.3) is 5.91 Å². The monoisotopic (exact) mass is 513 g/mol. The molecule has 0 aliphatic carbocycles. The molecule has 1 aromatic carbocycles. The largest absolute Gasteiger partial charge is 0.488 e. The lowest BCUT2D eigenvalue weighted by Gasteiger charge is -2.27. The van der Waals surface area contributed by atoms with E-state index in [2.05, 4.69) is 15.4 Å². The topological polar surface area (TPSA) is 105 Å². The Morgan fingerprint density at radius 3 is 2.76 bits per heavy atom. The SMILES string of the molecule is CCNC(=O)C(=O)N1CCC2(COc3c(c(Cl)n(C)c3C(=O)Nc3ccc(F)c(F)c3)SN2)C1. The van der Waals surface area contributed by atoms with Gasteiger partial charge in [-0.1, -0.05) is 11.6 Å². The van der Waals surface area contributed by atoms with Crippen LogP contribution in [0.1, 0.15) is 23.8 Å². The number of hydrogen-bond donors (Lipinski definition) is 3. The zero-order valence-corrected chi connectivity index (χ0v) is 19.9.